The molecule has 3 fully saturated rings. The van der Waals surface area contributed by atoms with Crippen LogP contribution in [0.5, 0.6) is 5.75 Å². The van der Waals surface area contributed by atoms with Gasteiger partial charge in [0.05, 0.1) is 24.4 Å². The van der Waals surface area contributed by atoms with Crippen molar-refractivity contribution in [3.63, 3.8) is 0 Å². The van der Waals surface area contributed by atoms with Crippen LogP contribution in [0.3, 0.4) is 0 Å². The number of amides is 2. The van der Waals surface area contributed by atoms with Crippen molar-refractivity contribution in [3.05, 3.63) is 65.9 Å². The zero-order valence-corrected chi connectivity index (χ0v) is 20.1. The second-order valence-corrected chi connectivity index (χ2v) is 9.37. The van der Waals surface area contributed by atoms with E-state index in [0.29, 0.717) is 35.7 Å². The number of methoxy groups -OCH3 is 1. The van der Waals surface area contributed by atoms with Crippen molar-refractivity contribution in [2.24, 2.45) is 13.0 Å². The highest BCUT2D eigenvalue weighted by molar-refractivity contribution is 5.89. The minimum Gasteiger partial charge on any atom is -0.497 e. The van der Waals surface area contributed by atoms with Gasteiger partial charge in [0.1, 0.15) is 5.75 Å². The molecule has 3 aromatic rings. The average molecular weight is 471 g/mol. The van der Waals surface area contributed by atoms with E-state index in [4.69, 9.17) is 15.1 Å². The number of hydrogen-bond acceptors (Lipinski definition) is 5. The number of nitriles is 1. The minimum absolute atomic E-state index is 0.241. The molecule has 4 heterocycles. The number of nitrogens with zero attached hydrogens (tertiary/aromatic N) is 4. The quantitative estimate of drug-likeness (QED) is 0.569. The standard InChI is InChI=1S/C27H30N6O2/c1-32-26(14-25(31-32)19-6-8-23(35-2)9-7-19)24-17-33-11-10-20(24)13-22(33)16-29-27(34)30-21-5-3-4-18(12-21)15-28/h3-9,12,14,20,22,24H,10-11,13,16-17H2,1-2H3,(H2,29,30,34)/t20-,22+,24-/m0/s1. The first-order valence-electron chi connectivity index (χ1n) is 12.0. The van der Waals surface area contributed by atoms with E-state index in [2.05, 4.69) is 27.7 Å². The molecule has 1 unspecified atom stereocenters. The summed E-state index contributed by atoms with van der Waals surface area (Å²) in [7, 11) is 3.70. The largest absolute Gasteiger partial charge is 0.497 e. The number of urea groups is 1. The summed E-state index contributed by atoms with van der Waals surface area (Å²) in [4.78, 5) is 14.9. The lowest BCUT2D eigenvalue weighted by Gasteiger charge is -2.49. The highest BCUT2D eigenvalue weighted by Crippen LogP contribution is 2.42. The lowest BCUT2D eigenvalue weighted by Crippen LogP contribution is -2.56. The number of aryl methyl sites for hydroxylation is 1. The van der Waals surface area contributed by atoms with Crippen LogP contribution in [0.4, 0.5) is 10.5 Å². The highest BCUT2D eigenvalue weighted by Gasteiger charge is 2.41. The highest BCUT2D eigenvalue weighted by atomic mass is 16.5. The molecule has 2 bridgehead atoms. The van der Waals surface area contributed by atoms with Gasteiger partial charge in [-0.2, -0.15) is 10.4 Å². The molecule has 180 valence electrons. The topological polar surface area (TPSA) is 95.2 Å². The molecule has 3 aliphatic rings. The fourth-order valence-electron chi connectivity index (χ4n) is 5.47. The van der Waals surface area contributed by atoms with Crippen LogP contribution < -0.4 is 15.4 Å². The molecule has 1 aromatic heterocycles. The van der Waals surface area contributed by atoms with Crippen LogP contribution in [0.2, 0.25) is 0 Å². The number of rotatable bonds is 6. The summed E-state index contributed by atoms with van der Waals surface area (Å²) in [5.74, 6) is 1.85. The monoisotopic (exact) mass is 470 g/mol. The molecule has 3 aliphatic heterocycles. The van der Waals surface area contributed by atoms with Crippen molar-refractivity contribution in [1.82, 2.24) is 20.0 Å². The molecule has 2 aromatic carbocycles. The molecule has 0 radical (unpaired) electrons. The van der Waals surface area contributed by atoms with Crippen LogP contribution >= 0.6 is 0 Å². The van der Waals surface area contributed by atoms with E-state index in [-0.39, 0.29) is 6.03 Å². The number of hydrogen-bond donors (Lipinski definition) is 2. The van der Waals surface area contributed by atoms with Crippen LogP contribution in [0.1, 0.15) is 30.0 Å². The number of nitrogens with one attached hydrogen (secondary N) is 2. The normalized spacial score (nSPS) is 22.9. The molecule has 8 nitrogen and oxygen atoms in total. The smallest absolute Gasteiger partial charge is 0.319 e. The third-order valence-electron chi connectivity index (χ3n) is 7.31. The van der Waals surface area contributed by atoms with Crippen LogP contribution in [0.15, 0.2) is 54.6 Å². The summed E-state index contributed by atoms with van der Waals surface area (Å²) in [5, 5.41) is 19.7. The maximum atomic E-state index is 12.4. The lowest BCUT2D eigenvalue weighted by molar-refractivity contribution is 0.0296. The van der Waals surface area contributed by atoms with Crippen molar-refractivity contribution in [3.8, 4) is 23.1 Å². The van der Waals surface area contributed by atoms with Gasteiger partial charge in [-0.3, -0.25) is 9.58 Å². The SMILES string of the molecule is COc1ccc(-c2cc([C@H]3CN4CC[C@H]3C[C@@H]4CNC(=O)Nc3cccc(C#N)c3)n(C)n2)cc1. The molecule has 3 saturated heterocycles. The Balaban J connectivity index is 1.20. The van der Waals surface area contributed by atoms with E-state index in [9.17, 15) is 4.79 Å². The minimum atomic E-state index is -0.241. The van der Waals surface area contributed by atoms with E-state index < -0.39 is 0 Å². The van der Waals surface area contributed by atoms with Gasteiger partial charge in [0, 0.05) is 49.0 Å². The number of piperidine rings is 3. The number of anilines is 1. The Morgan fingerprint density at radius 1 is 1.23 bits per heavy atom. The van der Waals surface area contributed by atoms with Crippen LogP contribution in [-0.4, -0.2) is 53.5 Å². The molecule has 0 aliphatic carbocycles. The number of ether oxygens (including phenoxy) is 1. The van der Waals surface area contributed by atoms with Crippen molar-refractivity contribution in [1.29, 1.82) is 5.26 Å². The van der Waals surface area contributed by atoms with E-state index in [1.165, 1.54) is 5.69 Å². The Labute approximate surface area is 205 Å². The van der Waals surface area contributed by atoms with Crippen molar-refractivity contribution in [2.45, 2.75) is 24.8 Å². The van der Waals surface area contributed by atoms with Gasteiger partial charge in [-0.15, -0.1) is 0 Å². The average Bonchev–Trinajstić information content (AvgIpc) is 3.29. The summed E-state index contributed by atoms with van der Waals surface area (Å²) < 4.78 is 7.30. The summed E-state index contributed by atoms with van der Waals surface area (Å²) in [6.45, 7) is 2.64. The second kappa shape index (κ2) is 9.80. The van der Waals surface area contributed by atoms with Gasteiger partial charge in [-0.1, -0.05) is 6.07 Å². The first-order valence-corrected chi connectivity index (χ1v) is 12.0. The van der Waals surface area contributed by atoms with Crippen molar-refractivity contribution >= 4 is 11.7 Å². The maximum absolute atomic E-state index is 12.4. The number of fused-ring (bicyclic) bond motifs is 3. The zero-order chi connectivity index (χ0) is 24.4. The predicted molar refractivity (Wildman–Crippen MR) is 134 cm³/mol. The van der Waals surface area contributed by atoms with Crippen molar-refractivity contribution in [2.75, 3.05) is 32.1 Å². The fraction of sp³-hybridized carbons (Fsp3) is 0.370. The van der Waals surface area contributed by atoms with Gasteiger partial charge in [0.25, 0.3) is 0 Å². The first kappa shape index (κ1) is 22.9. The third-order valence-corrected chi connectivity index (χ3v) is 7.31. The molecule has 6 rings (SSSR count). The Hall–Kier alpha value is -3.83. The van der Waals surface area contributed by atoms with Gasteiger partial charge >= 0.3 is 6.03 Å². The van der Waals surface area contributed by atoms with Gasteiger partial charge in [-0.25, -0.2) is 4.79 Å². The molecule has 4 atom stereocenters. The number of benzene rings is 2. The zero-order valence-electron chi connectivity index (χ0n) is 20.1. The van der Waals surface area contributed by atoms with E-state index in [1.54, 1.807) is 31.4 Å². The summed E-state index contributed by atoms with van der Waals surface area (Å²) in [5.41, 5.74) is 4.48. The molecule has 35 heavy (non-hydrogen) atoms. The Kier molecular flexibility index (Phi) is 6.43. The molecule has 8 heteroatoms. The molecule has 0 spiro atoms. The second-order valence-electron chi connectivity index (χ2n) is 9.37. The van der Waals surface area contributed by atoms with Crippen molar-refractivity contribution < 1.29 is 9.53 Å². The molecule has 2 amide bonds. The predicted octanol–water partition coefficient (Wildman–Crippen LogP) is 3.97. The molecular weight excluding hydrogens is 440 g/mol. The van der Waals surface area contributed by atoms with Gasteiger partial charge in [0.2, 0.25) is 0 Å². The Bertz CT molecular complexity index is 1250. The Morgan fingerprint density at radius 3 is 2.77 bits per heavy atom. The van der Waals surface area contributed by atoms with E-state index in [1.807, 2.05) is 36.0 Å². The number of aromatic nitrogens is 2. The van der Waals surface area contributed by atoms with E-state index in [0.717, 1.165) is 42.9 Å². The fourth-order valence-corrected chi connectivity index (χ4v) is 5.47. The third kappa shape index (κ3) is 4.86. The lowest BCUT2D eigenvalue weighted by atomic mass is 9.74. The van der Waals surface area contributed by atoms with Crippen LogP contribution in [0, 0.1) is 17.2 Å². The van der Waals surface area contributed by atoms with E-state index >= 15 is 0 Å². The summed E-state index contributed by atoms with van der Waals surface area (Å²) >= 11 is 0. The Morgan fingerprint density at radius 2 is 2.06 bits per heavy atom. The van der Waals surface area contributed by atoms with Gasteiger partial charge in [0.15, 0.2) is 0 Å². The molecular formula is C27H30N6O2. The number of carbonyl (C=O) groups excluding carboxylic acids is 1. The van der Waals surface area contributed by atoms with Crippen LogP contribution in [-0.2, 0) is 7.05 Å². The molecule has 0 saturated carbocycles. The van der Waals surface area contributed by atoms with Gasteiger partial charge < -0.3 is 15.4 Å². The number of carbonyl (C=O) groups is 1. The molecule has 2 N–H and O–H groups in total. The summed E-state index contributed by atoms with van der Waals surface area (Å²) in [6.07, 6.45) is 2.22. The van der Waals surface area contributed by atoms with Gasteiger partial charge in [-0.05, 0) is 73.8 Å². The first-order chi connectivity index (χ1) is 17.0. The maximum Gasteiger partial charge on any atom is 0.319 e. The van der Waals surface area contributed by atoms with Crippen LogP contribution in [0.25, 0.3) is 11.3 Å². The summed E-state index contributed by atoms with van der Waals surface area (Å²) in [6, 6.07) is 19.4.